The van der Waals surface area contributed by atoms with Crippen molar-refractivity contribution >= 4 is 0 Å². The first-order valence-corrected chi connectivity index (χ1v) is 7.86. The number of hydrogen-bond donors (Lipinski definition) is 0. The van der Waals surface area contributed by atoms with E-state index in [9.17, 15) is 0 Å². The van der Waals surface area contributed by atoms with E-state index in [0.29, 0.717) is 23.8 Å². The quantitative estimate of drug-likeness (QED) is 0.862. The van der Waals surface area contributed by atoms with Crippen molar-refractivity contribution < 1.29 is 9.26 Å². The van der Waals surface area contributed by atoms with Crippen molar-refractivity contribution in [3.8, 4) is 17.1 Å². The molecule has 1 aromatic carbocycles. The molecular weight excluding hydrogens is 278 g/mol. The maximum Gasteiger partial charge on any atom is 0.244 e. The number of aromatic nitrogens is 2. The lowest BCUT2D eigenvalue weighted by atomic mass is 10.2. The number of methoxy groups -OCH3 is 1. The zero-order valence-electron chi connectivity index (χ0n) is 13.6. The highest BCUT2D eigenvalue weighted by Gasteiger charge is 2.34. The average Bonchev–Trinajstić information content (AvgIpc) is 3.14. The maximum atomic E-state index is 5.53. The Balaban J connectivity index is 1.87. The Kier molecular flexibility index (Phi) is 4.16. The number of rotatable bonds is 4. The third-order valence-electron chi connectivity index (χ3n) is 4.61. The molecule has 0 saturated carbocycles. The molecule has 3 atom stereocenters. The minimum Gasteiger partial charge on any atom is -0.496 e. The second-order valence-corrected chi connectivity index (χ2v) is 6.06. The number of ether oxygens (including phenoxy) is 1. The molecule has 0 bridgehead atoms. The molecule has 1 aliphatic rings. The topological polar surface area (TPSA) is 51.4 Å². The van der Waals surface area contributed by atoms with Crippen LogP contribution in [0.3, 0.4) is 0 Å². The van der Waals surface area contributed by atoms with E-state index in [0.717, 1.165) is 11.3 Å². The molecule has 0 amide bonds. The average molecular weight is 301 g/mol. The Bertz CT molecular complexity index is 630. The molecule has 0 radical (unpaired) electrons. The van der Waals surface area contributed by atoms with Crippen molar-refractivity contribution in [2.75, 3.05) is 7.11 Å². The maximum absolute atomic E-state index is 5.53. The van der Waals surface area contributed by atoms with Gasteiger partial charge in [0.05, 0.1) is 18.7 Å². The molecule has 5 heteroatoms. The highest BCUT2D eigenvalue weighted by molar-refractivity contribution is 5.63. The van der Waals surface area contributed by atoms with Crippen LogP contribution < -0.4 is 4.74 Å². The number of para-hydroxylation sites is 1. The first-order chi connectivity index (χ1) is 10.6. The van der Waals surface area contributed by atoms with Gasteiger partial charge < -0.3 is 9.26 Å². The zero-order chi connectivity index (χ0) is 15.7. The molecule has 2 heterocycles. The summed E-state index contributed by atoms with van der Waals surface area (Å²) in [5.41, 5.74) is 0.856. The van der Waals surface area contributed by atoms with Crippen LogP contribution >= 0.6 is 0 Å². The van der Waals surface area contributed by atoms with Gasteiger partial charge in [0.25, 0.3) is 0 Å². The van der Waals surface area contributed by atoms with Crippen molar-refractivity contribution in [3.63, 3.8) is 0 Å². The summed E-state index contributed by atoms with van der Waals surface area (Å²) in [5.74, 6) is 2.01. The van der Waals surface area contributed by atoms with E-state index in [1.807, 2.05) is 24.3 Å². The van der Waals surface area contributed by atoms with Gasteiger partial charge in [-0.2, -0.15) is 4.98 Å². The first-order valence-electron chi connectivity index (χ1n) is 7.86. The van der Waals surface area contributed by atoms with Gasteiger partial charge in [-0.05, 0) is 45.7 Å². The summed E-state index contributed by atoms with van der Waals surface area (Å²) in [6.07, 6.45) is 2.44. The largest absolute Gasteiger partial charge is 0.496 e. The third kappa shape index (κ3) is 2.61. The Labute approximate surface area is 131 Å². The molecule has 1 aliphatic heterocycles. The van der Waals surface area contributed by atoms with E-state index in [1.54, 1.807) is 7.11 Å². The van der Waals surface area contributed by atoms with Crippen LogP contribution in [0, 0.1) is 0 Å². The summed E-state index contributed by atoms with van der Waals surface area (Å²) in [7, 11) is 1.65. The predicted octanol–water partition coefficient (Wildman–Crippen LogP) is 3.68. The Morgan fingerprint density at radius 3 is 2.59 bits per heavy atom. The lowest BCUT2D eigenvalue weighted by Gasteiger charge is -2.30. The molecule has 0 spiro atoms. The number of nitrogens with zero attached hydrogens (tertiary/aromatic N) is 3. The standard InChI is InChI=1S/C17H23N3O2/c1-11-9-10-12(2)20(11)13(3)17-18-16(19-22-17)14-7-5-6-8-15(14)21-4/h5-8,11-13H,9-10H2,1-4H3/t11-,12+,13-/m0/s1. The molecular formula is C17H23N3O2. The molecule has 0 unspecified atom stereocenters. The number of benzene rings is 1. The molecule has 3 rings (SSSR count). The van der Waals surface area contributed by atoms with Crippen LogP contribution in [0.15, 0.2) is 28.8 Å². The summed E-state index contributed by atoms with van der Waals surface area (Å²) in [6, 6.07) is 8.95. The van der Waals surface area contributed by atoms with Gasteiger partial charge in [-0.1, -0.05) is 17.3 Å². The van der Waals surface area contributed by atoms with Crippen molar-refractivity contribution in [2.45, 2.75) is 51.7 Å². The van der Waals surface area contributed by atoms with Gasteiger partial charge in [0.1, 0.15) is 5.75 Å². The van der Waals surface area contributed by atoms with Gasteiger partial charge in [-0.15, -0.1) is 0 Å². The van der Waals surface area contributed by atoms with Crippen LogP contribution in [0.2, 0.25) is 0 Å². The Morgan fingerprint density at radius 2 is 1.91 bits per heavy atom. The summed E-state index contributed by atoms with van der Waals surface area (Å²) in [6.45, 7) is 6.66. The summed E-state index contributed by atoms with van der Waals surface area (Å²) in [4.78, 5) is 7.06. The van der Waals surface area contributed by atoms with Crippen molar-refractivity contribution in [3.05, 3.63) is 30.2 Å². The number of likely N-dealkylation sites (tertiary alicyclic amines) is 1. The lowest BCUT2D eigenvalue weighted by Crippen LogP contribution is -2.35. The highest BCUT2D eigenvalue weighted by Crippen LogP contribution is 2.34. The zero-order valence-corrected chi connectivity index (χ0v) is 13.6. The fourth-order valence-corrected chi connectivity index (χ4v) is 3.45. The van der Waals surface area contributed by atoms with Gasteiger partial charge in [-0.25, -0.2) is 0 Å². The van der Waals surface area contributed by atoms with Crippen LogP contribution in [0.4, 0.5) is 0 Å². The van der Waals surface area contributed by atoms with E-state index >= 15 is 0 Å². The molecule has 0 aliphatic carbocycles. The minimum atomic E-state index is 0.128. The van der Waals surface area contributed by atoms with Gasteiger partial charge in [0.15, 0.2) is 0 Å². The fraction of sp³-hybridized carbons (Fsp3) is 0.529. The smallest absolute Gasteiger partial charge is 0.244 e. The van der Waals surface area contributed by atoms with Crippen molar-refractivity contribution in [1.82, 2.24) is 15.0 Å². The third-order valence-corrected chi connectivity index (χ3v) is 4.61. The van der Waals surface area contributed by atoms with Crippen molar-refractivity contribution in [1.29, 1.82) is 0 Å². The SMILES string of the molecule is COc1ccccc1-c1noc([C@H](C)N2[C@H](C)CC[C@@H]2C)n1. The molecule has 5 nitrogen and oxygen atoms in total. The van der Waals surface area contributed by atoms with Crippen LogP contribution in [0.1, 0.15) is 45.5 Å². The normalized spacial score (nSPS) is 23.6. The highest BCUT2D eigenvalue weighted by atomic mass is 16.5. The Morgan fingerprint density at radius 1 is 1.23 bits per heavy atom. The van der Waals surface area contributed by atoms with Crippen LogP contribution in [0.5, 0.6) is 5.75 Å². The first kappa shape index (κ1) is 15.0. The van der Waals surface area contributed by atoms with Crippen molar-refractivity contribution in [2.24, 2.45) is 0 Å². The lowest BCUT2D eigenvalue weighted by molar-refractivity contribution is 0.128. The molecule has 1 aromatic heterocycles. The van der Waals surface area contributed by atoms with E-state index in [1.165, 1.54) is 12.8 Å². The fourth-order valence-electron chi connectivity index (χ4n) is 3.45. The van der Waals surface area contributed by atoms with Gasteiger partial charge in [0.2, 0.25) is 11.7 Å². The van der Waals surface area contributed by atoms with Crippen LogP contribution in [0.25, 0.3) is 11.4 Å². The van der Waals surface area contributed by atoms with Gasteiger partial charge >= 0.3 is 0 Å². The summed E-state index contributed by atoms with van der Waals surface area (Å²) in [5, 5.41) is 4.14. The molecule has 22 heavy (non-hydrogen) atoms. The molecule has 0 N–H and O–H groups in total. The van der Waals surface area contributed by atoms with Crippen LogP contribution in [-0.4, -0.2) is 34.2 Å². The molecule has 2 aromatic rings. The van der Waals surface area contributed by atoms with E-state index in [4.69, 9.17) is 9.26 Å². The second-order valence-electron chi connectivity index (χ2n) is 6.06. The predicted molar refractivity (Wildman–Crippen MR) is 84.7 cm³/mol. The molecule has 1 saturated heterocycles. The molecule has 1 fully saturated rings. The second kappa shape index (κ2) is 6.08. The van der Waals surface area contributed by atoms with E-state index in [-0.39, 0.29) is 6.04 Å². The number of hydrogen-bond acceptors (Lipinski definition) is 5. The Hall–Kier alpha value is -1.88. The van der Waals surface area contributed by atoms with E-state index < -0.39 is 0 Å². The van der Waals surface area contributed by atoms with Gasteiger partial charge in [0, 0.05) is 12.1 Å². The van der Waals surface area contributed by atoms with E-state index in [2.05, 4.69) is 35.8 Å². The summed E-state index contributed by atoms with van der Waals surface area (Å²) >= 11 is 0. The monoisotopic (exact) mass is 301 g/mol. The van der Waals surface area contributed by atoms with Gasteiger partial charge in [-0.3, -0.25) is 4.90 Å². The minimum absolute atomic E-state index is 0.128. The summed E-state index contributed by atoms with van der Waals surface area (Å²) < 4.78 is 10.9. The molecule has 118 valence electrons. The van der Waals surface area contributed by atoms with Crippen LogP contribution in [-0.2, 0) is 0 Å².